The van der Waals surface area contributed by atoms with Gasteiger partial charge in [0.15, 0.2) is 0 Å². The van der Waals surface area contributed by atoms with Gasteiger partial charge in [-0.25, -0.2) is 0 Å². The lowest BCUT2D eigenvalue weighted by molar-refractivity contribution is -0.0214. The first-order valence-electron chi connectivity index (χ1n) is 5.54. The van der Waals surface area contributed by atoms with Gasteiger partial charge in [0.1, 0.15) is 0 Å². The molecule has 2 heterocycles. The molecule has 0 amide bonds. The second kappa shape index (κ2) is 5.21. The van der Waals surface area contributed by atoms with Gasteiger partial charge in [0.05, 0.1) is 24.5 Å². The molecule has 0 saturated carbocycles. The summed E-state index contributed by atoms with van der Waals surface area (Å²) in [6.45, 7) is 2.71. The van der Waals surface area contributed by atoms with Crippen LogP contribution in [0, 0.1) is 6.92 Å². The van der Waals surface area contributed by atoms with Crippen molar-refractivity contribution in [3.8, 4) is 0 Å². The van der Waals surface area contributed by atoms with Gasteiger partial charge in [-0.1, -0.05) is 0 Å². The Morgan fingerprint density at radius 3 is 3.12 bits per heavy atom. The van der Waals surface area contributed by atoms with E-state index in [4.69, 9.17) is 4.74 Å². The van der Waals surface area contributed by atoms with Crippen LogP contribution in [0.2, 0.25) is 0 Å². The summed E-state index contributed by atoms with van der Waals surface area (Å²) in [7, 11) is 1.91. The fraction of sp³-hybridized carbons (Fsp3) is 0.727. The molecule has 2 rings (SSSR count). The van der Waals surface area contributed by atoms with Gasteiger partial charge in [0.25, 0.3) is 0 Å². The first-order valence-corrected chi connectivity index (χ1v) is 6.69. The van der Waals surface area contributed by atoms with Gasteiger partial charge >= 0.3 is 0 Å². The fourth-order valence-electron chi connectivity index (χ4n) is 1.93. The molecule has 0 aromatic carbocycles. The number of thioether (sulfide) groups is 1. The first kappa shape index (κ1) is 12.0. The Bertz CT molecular complexity index is 348. The van der Waals surface area contributed by atoms with Crippen molar-refractivity contribution >= 4 is 11.8 Å². The van der Waals surface area contributed by atoms with E-state index < -0.39 is 6.10 Å². The van der Waals surface area contributed by atoms with Crippen molar-refractivity contribution in [3.63, 3.8) is 0 Å². The average molecular weight is 242 g/mol. The van der Waals surface area contributed by atoms with Gasteiger partial charge in [-0.3, -0.25) is 4.68 Å². The lowest BCUT2D eigenvalue weighted by Crippen LogP contribution is -2.36. The van der Waals surface area contributed by atoms with Crippen LogP contribution in [0.3, 0.4) is 0 Å². The van der Waals surface area contributed by atoms with Crippen molar-refractivity contribution in [2.75, 3.05) is 18.1 Å². The summed E-state index contributed by atoms with van der Waals surface area (Å²) in [5.74, 6) is 1.92. The molecule has 90 valence electrons. The molecule has 0 bridgehead atoms. The Hall–Kier alpha value is -0.520. The zero-order valence-corrected chi connectivity index (χ0v) is 10.5. The molecule has 5 heteroatoms. The molecule has 4 nitrogen and oxygen atoms in total. The van der Waals surface area contributed by atoms with Gasteiger partial charge in [0.2, 0.25) is 0 Å². The van der Waals surface area contributed by atoms with Crippen LogP contribution in [-0.2, 0) is 18.2 Å². The Morgan fingerprint density at radius 1 is 1.75 bits per heavy atom. The monoisotopic (exact) mass is 242 g/mol. The number of aliphatic hydroxyl groups is 1. The highest BCUT2D eigenvalue weighted by molar-refractivity contribution is 7.99. The number of hydrogen-bond donors (Lipinski definition) is 1. The number of ether oxygens (including phenoxy) is 1. The second-order valence-electron chi connectivity index (χ2n) is 4.16. The SMILES string of the molecule is Cc1cc(CC(O)C2CSCCO2)n(C)n1. The Kier molecular flexibility index (Phi) is 3.89. The van der Waals surface area contributed by atoms with E-state index >= 15 is 0 Å². The van der Waals surface area contributed by atoms with Crippen LogP contribution in [-0.4, -0.2) is 45.2 Å². The largest absolute Gasteiger partial charge is 0.390 e. The molecule has 0 aliphatic carbocycles. The van der Waals surface area contributed by atoms with Crippen LogP contribution in [0.4, 0.5) is 0 Å². The smallest absolute Gasteiger partial charge is 0.0928 e. The van der Waals surface area contributed by atoms with Gasteiger partial charge < -0.3 is 9.84 Å². The number of aromatic nitrogens is 2. The van der Waals surface area contributed by atoms with Crippen LogP contribution >= 0.6 is 11.8 Å². The van der Waals surface area contributed by atoms with Crippen LogP contribution < -0.4 is 0 Å². The van der Waals surface area contributed by atoms with E-state index in [1.54, 1.807) is 0 Å². The summed E-state index contributed by atoms with van der Waals surface area (Å²) in [5.41, 5.74) is 2.05. The van der Waals surface area contributed by atoms with Crippen molar-refractivity contribution in [3.05, 3.63) is 17.5 Å². The summed E-state index contributed by atoms with van der Waals surface area (Å²) in [6.07, 6.45) is 0.152. The molecular weight excluding hydrogens is 224 g/mol. The van der Waals surface area contributed by atoms with Gasteiger partial charge in [-0.15, -0.1) is 0 Å². The summed E-state index contributed by atoms with van der Waals surface area (Å²) in [6, 6.07) is 2.01. The molecule has 1 aromatic heterocycles. The van der Waals surface area contributed by atoms with Crippen molar-refractivity contribution < 1.29 is 9.84 Å². The number of aryl methyl sites for hydroxylation is 2. The highest BCUT2D eigenvalue weighted by atomic mass is 32.2. The van der Waals surface area contributed by atoms with Gasteiger partial charge in [-0.2, -0.15) is 16.9 Å². The molecule has 0 spiro atoms. The third kappa shape index (κ3) is 2.78. The van der Waals surface area contributed by atoms with Crippen LogP contribution in [0.1, 0.15) is 11.4 Å². The van der Waals surface area contributed by atoms with Crippen molar-refractivity contribution in [1.29, 1.82) is 0 Å². The van der Waals surface area contributed by atoms with E-state index in [9.17, 15) is 5.11 Å². The molecule has 1 aliphatic rings. The molecule has 16 heavy (non-hydrogen) atoms. The molecule has 2 unspecified atom stereocenters. The van der Waals surface area contributed by atoms with Gasteiger partial charge in [-0.05, 0) is 13.0 Å². The standard InChI is InChI=1S/C11H18N2O2S/c1-8-5-9(13(2)12-8)6-10(14)11-7-16-4-3-15-11/h5,10-11,14H,3-4,6-7H2,1-2H3. The van der Waals surface area contributed by atoms with Gasteiger partial charge in [0, 0.05) is 30.7 Å². The maximum atomic E-state index is 10.1. The molecule has 1 fully saturated rings. The second-order valence-corrected chi connectivity index (χ2v) is 5.31. The highest BCUT2D eigenvalue weighted by Crippen LogP contribution is 2.18. The van der Waals surface area contributed by atoms with E-state index in [-0.39, 0.29) is 6.10 Å². The summed E-state index contributed by atoms with van der Waals surface area (Å²) >= 11 is 1.84. The number of aliphatic hydroxyl groups excluding tert-OH is 1. The lowest BCUT2D eigenvalue weighted by Gasteiger charge is -2.26. The minimum absolute atomic E-state index is 0.0334. The molecular formula is C11H18N2O2S. The topological polar surface area (TPSA) is 47.3 Å². The fourth-order valence-corrected chi connectivity index (χ4v) is 2.86. The molecule has 1 N–H and O–H groups in total. The molecule has 1 aromatic rings. The molecule has 2 atom stereocenters. The predicted octanol–water partition coefficient (Wildman–Crippen LogP) is 0.764. The number of rotatable bonds is 3. The summed E-state index contributed by atoms with van der Waals surface area (Å²) in [4.78, 5) is 0. The minimum atomic E-state index is -0.428. The van der Waals surface area contributed by atoms with E-state index in [1.807, 2.05) is 36.5 Å². The Labute approximate surface area is 100.0 Å². The van der Waals surface area contributed by atoms with Crippen molar-refractivity contribution in [2.45, 2.75) is 25.6 Å². The number of hydrogen-bond acceptors (Lipinski definition) is 4. The lowest BCUT2D eigenvalue weighted by atomic mass is 10.1. The van der Waals surface area contributed by atoms with E-state index in [1.165, 1.54) is 0 Å². The quantitative estimate of drug-likeness (QED) is 0.850. The predicted molar refractivity (Wildman–Crippen MR) is 64.7 cm³/mol. The van der Waals surface area contributed by atoms with Crippen molar-refractivity contribution in [1.82, 2.24) is 9.78 Å². The number of nitrogens with zero attached hydrogens (tertiary/aromatic N) is 2. The van der Waals surface area contributed by atoms with E-state index in [0.29, 0.717) is 6.42 Å². The first-order chi connectivity index (χ1) is 7.66. The zero-order chi connectivity index (χ0) is 11.5. The molecule has 0 radical (unpaired) electrons. The summed E-state index contributed by atoms with van der Waals surface area (Å²) in [5, 5.41) is 14.4. The zero-order valence-electron chi connectivity index (χ0n) is 9.72. The third-order valence-electron chi connectivity index (χ3n) is 2.79. The van der Waals surface area contributed by atoms with E-state index in [2.05, 4.69) is 5.10 Å². The molecule has 1 saturated heterocycles. The van der Waals surface area contributed by atoms with Crippen LogP contribution in [0.15, 0.2) is 6.07 Å². The summed E-state index contributed by atoms with van der Waals surface area (Å²) < 4.78 is 7.39. The maximum absolute atomic E-state index is 10.1. The van der Waals surface area contributed by atoms with Crippen LogP contribution in [0.25, 0.3) is 0 Å². The normalized spacial score (nSPS) is 23.3. The third-order valence-corrected chi connectivity index (χ3v) is 3.81. The maximum Gasteiger partial charge on any atom is 0.0928 e. The highest BCUT2D eigenvalue weighted by Gasteiger charge is 2.24. The van der Waals surface area contributed by atoms with Crippen LogP contribution in [0.5, 0.6) is 0 Å². The van der Waals surface area contributed by atoms with Crippen molar-refractivity contribution in [2.24, 2.45) is 7.05 Å². The Morgan fingerprint density at radius 2 is 2.56 bits per heavy atom. The molecule has 1 aliphatic heterocycles. The van der Waals surface area contributed by atoms with E-state index in [0.717, 1.165) is 29.5 Å². The minimum Gasteiger partial charge on any atom is -0.390 e. The average Bonchev–Trinajstić information content (AvgIpc) is 2.59. The Balaban J connectivity index is 1.95.